The van der Waals surface area contributed by atoms with Crippen molar-refractivity contribution in [2.75, 3.05) is 33.3 Å². The van der Waals surface area contributed by atoms with Crippen LogP contribution in [0.4, 0.5) is 4.79 Å². The third-order valence-corrected chi connectivity index (χ3v) is 19.4. The normalized spacial score (nSPS) is 14.2. The van der Waals surface area contributed by atoms with E-state index < -0.39 is 72.0 Å². The summed E-state index contributed by atoms with van der Waals surface area (Å²) in [5, 5.41) is 32.0. The summed E-state index contributed by atoms with van der Waals surface area (Å²) < 4.78 is 15.0. The van der Waals surface area contributed by atoms with E-state index in [1.54, 1.807) is 56.3 Å². The number of carbonyl (C=O) groups excluding carboxylic acids is 12. The van der Waals surface area contributed by atoms with Gasteiger partial charge in [-0.1, -0.05) is 236 Å². The fourth-order valence-electron chi connectivity index (χ4n) is 12.6. The number of hydrogen-bond acceptors (Lipinski definition) is 19. The molecule has 1 heterocycles. The van der Waals surface area contributed by atoms with Crippen LogP contribution in [-0.2, 0) is 68.8 Å². The number of Topliss-reactive ketones (excluding diaryl/α,β-unsaturated/α-hetero) is 3. The Bertz CT molecular complexity index is 3710. The summed E-state index contributed by atoms with van der Waals surface area (Å²) in [7, 11) is 1.22. The Morgan fingerprint density at radius 2 is 0.960 bits per heavy atom. The molecule has 0 bridgehead atoms. The van der Waals surface area contributed by atoms with Crippen LogP contribution in [0.15, 0.2) is 114 Å². The monoisotopic (exact) mass is 1730 g/mol. The summed E-state index contributed by atoms with van der Waals surface area (Å²) in [5.74, 6) is -3.76. The maximum Gasteiger partial charge on any atom is 0.408 e. The molecule has 3 aromatic rings. The maximum absolute atomic E-state index is 13.6. The van der Waals surface area contributed by atoms with E-state index in [-0.39, 0.29) is 154 Å². The van der Waals surface area contributed by atoms with Gasteiger partial charge >= 0.3 is 12.1 Å². The van der Waals surface area contributed by atoms with E-state index in [2.05, 4.69) is 55.5 Å². The second kappa shape index (κ2) is 68.5. The second-order valence-electron chi connectivity index (χ2n) is 33.7. The summed E-state index contributed by atoms with van der Waals surface area (Å²) in [4.78, 5) is 157. The largest absolute Gasteiger partial charge is 0.467 e. The van der Waals surface area contributed by atoms with Gasteiger partial charge in [0, 0.05) is 92.2 Å². The minimum absolute atomic E-state index is 0. The van der Waals surface area contributed by atoms with Crippen LogP contribution >= 0.6 is 0 Å². The first-order chi connectivity index (χ1) is 57.7. The minimum Gasteiger partial charge on any atom is -0.467 e. The van der Waals surface area contributed by atoms with Gasteiger partial charge in [0.15, 0.2) is 47.1 Å². The molecule has 6 amide bonds. The molecule has 0 spiro atoms. The molecule has 0 radical (unpaired) electrons. The number of nitrogens with zero attached hydrogens (tertiary/aromatic N) is 1. The lowest BCUT2D eigenvalue weighted by atomic mass is 9.87. The first-order valence-corrected chi connectivity index (χ1v) is 43.8. The number of rotatable bonds is 54. The third kappa shape index (κ3) is 56.1. The predicted molar refractivity (Wildman–Crippen MR) is 500 cm³/mol. The maximum atomic E-state index is 13.6. The number of ketones is 5. The van der Waals surface area contributed by atoms with Gasteiger partial charge < -0.3 is 74.1 Å². The van der Waals surface area contributed by atoms with Gasteiger partial charge in [-0.3, -0.25) is 52.9 Å². The van der Waals surface area contributed by atoms with Crippen molar-refractivity contribution in [1.82, 2.24) is 31.9 Å². The van der Waals surface area contributed by atoms with Crippen molar-refractivity contribution in [2.24, 2.45) is 81.4 Å². The topological polar surface area (TPSA) is 446 Å². The van der Waals surface area contributed by atoms with Crippen molar-refractivity contribution >= 4 is 94.0 Å². The SMILES string of the molecule is C.C.CC.CC(=N)CCCCCNC(=O)C(CC(=O)C(NC(=O)/C=C/C(=O)c1ccccc1)C(C)C)CC(C)C.CC(C)CC(CC(=O)C(CCCN=C(N)N)NC(=O)OCc1ccccc1)C(=O)NC(CCC(=O)/C=C/c1ccccc1)C(C)C.CC(C)CN.COC(=O)C1OC1C(=O)NC(C(=O)CC(CC(C)C)C(=O)NCCCCCC(C)=N)C(C)C. The fourth-order valence-corrected chi connectivity index (χ4v) is 12.6. The van der Waals surface area contributed by atoms with E-state index in [0.717, 1.165) is 75.1 Å². The van der Waals surface area contributed by atoms with Gasteiger partial charge in [-0.2, -0.15) is 0 Å². The Hall–Kier alpha value is -9.89. The molecule has 0 aliphatic carbocycles. The molecule has 14 N–H and O–H groups in total. The molecule has 3 aromatic carbocycles. The number of guanidine groups is 1. The molecule has 27 heteroatoms. The summed E-state index contributed by atoms with van der Waals surface area (Å²) in [6, 6.07) is 24.8. The lowest BCUT2D eigenvalue weighted by molar-refractivity contribution is -0.142. The predicted octanol–water partition coefficient (Wildman–Crippen LogP) is 15.4. The number of benzene rings is 3. The van der Waals surface area contributed by atoms with Crippen molar-refractivity contribution in [3.8, 4) is 0 Å². The number of allylic oxidation sites excluding steroid dienone is 2. The molecule has 1 aliphatic rings. The molecule has 1 fully saturated rings. The number of methoxy groups -OCH3 is 1. The van der Waals surface area contributed by atoms with E-state index in [1.165, 1.54) is 13.2 Å². The standard InChI is InChI=1S/C36H51N5O5.C29H43N3O4.C24H41N3O6.C4H11N.C2H6.2CH4/c1-25(2)22-29(34(44)40-31(26(3)4)20-19-30(42)18-17-27-12-7-5-8-13-27)23-33(43)32(16-11-21-39-35(37)38)41-36(45)46-24-28-14-9-6-10-15-28;1-20(2)18-24(29(36)31-17-11-7-8-12-22(5)30)19-26(34)28(21(3)4)32-27(35)16-15-25(33)23-13-9-6-10-14-23;1-14(2)12-17(22(29)26-11-9-7-8-10-16(5)25)13-18(28)19(15(3)4)27-23(30)20-21(33-20)24(31)32-6;1-4(2)3-5;1-2;;/h5-10,12-15,17-18,25-26,29,31-32H,11,16,19-24H2,1-4H3,(H,40,44)(H,41,45)(H4,37,38,39);6,9-10,13-16,20-21,24,28,30H,7-8,11-12,17-19H2,1-5H3,(H,31,36)(H,32,35);14-15,17,19-21,25H,7-13H2,1-6H3,(H,26,29)(H,27,30);4H,3,5H2,1-2H3;1-2H3;2*1H4/b18-17+;16-15+,30-22?;;;;;. The summed E-state index contributed by atoms with van der Waals surface area (Å²) in [6.07, 6.45) is 13.2. The molecule has 1 aliphatic heterocycles. The Morgan fingerprint density at radius 3 is 1.40 bits per heavy atom. The Kier molecular flexibility index (Phi) is 65.3. The van der Waals surface area contributed by atoms with Crippen LogP contribution in [0.3, 0.4) is 0 Å². The highest BCUT2D eigenvalue weighted by Gasteiger charge is 2.52. The number of esters is 1. The molecular formula is C97H160N12O15. The summed E-state index contributed by atoms with van der Waals surface area (Å²) in [5.41, 5.74) is 19.6. The van der Waals surface area contributed by atoms with Crippen LogP contribution < -0.4 is 49.1 Å². The van der Waals surface area contributed by atoms with Crippen LogP contribution in [0, 0.1) is 70.0 Å². The zero-order valence-electron chi connectivity index (χ0n) is 76.8. The third-order valence-electron chi connectivity index (χ3n) is 19.4. The summed E-state index contributed by atoms with van der Waals surface area (Å²) in [6.45, 7) is 37.4. The van der Waals surface area contributed by atoms with E-state index in [4.69, 9.17) is 37.5 Å². The highest BCUT2D eigenvalue weighted by Crippen LogP contribution is 2.27. The van der Waals surface area contributed by atoms with E-state index in [9.17, 15) is 57.5 Å². The van der Waals surface area contributed by atoms with Gasteiger partial charge in [0.1, 0.15) is 6.61 Å². The lowest BCUT2D eigenvalue weighted by Gasteiger charge is -2.27. The molecule has 4 rings (SSSR count). The number of nitrogens with one attached hydrogen (secondary N) is 8. The van der Waals surface area contributed by atoms with Crippen molar-refractivity contribution in [2.45, 2.75) is 298 Å². The Labute approximate surface area is 743 Å². The van der Waals surface area contributed by atoms with Crippen LogP contribution in [-0.4, -0.2) is 158 Å². The van der Waals surface area contributed by atoms with E-state index in [0.29, 0.717) is 68.1 Å². The molecule has 0 saturated carbocycles. The highest BCUT2D eigenvalue weighted by atomic mass is 16.6. The van der Waals surface area contributed by atoms with Crippen molar-refractivity contribution < 1.29 is 71.7 Å². The number of aliphatic imine (C=N–C) groups is 1. The zero-order valence-corrected chi connectivity index (χ0v) is 76.8. The van der Waals surface area contributed by atoms with Crippen LogP contribution in [0.5, 0.6) is 0 Å². The highest BCUT2D eigenvalue weighted by molar-refractivity contribution is 6.08. The number of carbonyl (C=O) groups is 12. The van der Waals surface area contributed by atoms with Gasteiger partial charge in [0.05, 0.1) is 25.2 Å². The molecule has 27 nitrogen and oxygen atoms in total. The van der Waals surface area contributed by atoms with Gasteiger partial charge in [0.2, 0.25) is 23.6 Å². The molecule has 1 saturated heterocycles. The number of hydrogen-bond donors (Lipinski definition) is 11. The first kappa shape index (κ1) is 118. The van der Waals surface area contributed by atoms with Gasteiger partial charge in [-0.05, 0) is 162 Å². The zero-order chi connectivity index (χ0) is 92.4. The number of unbranched alkanes of at least 4 members (excludes halogenated alkanes) is 4. The van der Waals surface area contributed by atoms with Gasteiger partial charge in [-0.25, -0.2) is 9.59 Å². The van der Waals surface area contributed by atoms with Crippen LogP contribution in [0.25, 0.3) is 6.08 Å². The fraction of sp³-hybridized carbons (Fsp3) is 0.619. The summed E-state index contributed by atoms with van der Waals surface area (Å²) >= 11 is 0. The molecule has 9 atom stereocenters. The average Bonchev–Trinajstić information content (AvgIpc) is 1.65. The minimum atomic E-state index is -0.947. The molecule has 0 aromatic heterocycles. The van der Waals surface area contributed by atoms with Gasteiger partial charge in [0.25, 0.3) is 5.91 Å². The van der Waals surface area contributed by atoms with E-state index in [1.807, 2.05) is 158 Å². The quantitative estimate of drug-likeness (QED) is 0.00475. The molecule has 124 heavy (non-hydrogen) atoms. The van der Waals surface area contributed by atoms with Crippen molar-refractivity contribution in [3.05, 3.63) is 126 Å². The smallest absolute Gasteiger partial charge is 0.408 e. The van der Waals surface area contributed by atoms with Crippen molar-refractivity contribution in [1.29, 1.82) is 10.8 Å². The Morgan fingerprint density at radius 1 is 0.508 bits per heavy atom. The van der Waals surface area contributed by atoms with Crippen LogP contribution in [0.2, 0.25) is 0 Å². The molecule has 9 unspecified atom stereocenters. The van der Waals surface area contributed by atoms with Crippen molar-refractivity contribution in [3.63, 3.8) is 0 Å². The van der Waals surface area contributed by atoms with Gasteiger partial charge in [-0.15, -0.1) is 0 Å². The number of epoxide rings is 1. The number of amides is 6. The molecule has 698 valence electrons. The number of nitrogens with two attached hydrogens (primary N) is 3. The lowest BCUT2D eigenvalue weighted by Crippen LogP contribution is -2.48. The second-order valence-corrected chi connectivity index (χ2v) is 33.7. The number of ether oxygens (including phenoxy) is 3. The first-order valence-electron chi connectivity index (χ1n) is 43.8. The van der Waals surface area contributed by atoms with Crippen LogP contribution in [0.1, 0.15) is 277 Å². The average molecular weight is 1730 g/mol. The number of alkyl carbamates (subject to hydrolysis) is 1. The molecular weight excluding hydrogens is 1570 g/mol. The Balaban J connectivity index is -0.00000171. The van der Waals surface area contributed by atoms with E-state index >= 15 is 0 Å².